The number of hydrogen-bond acceptors (Lipinski definition) is 4. The highest BCUT2D eigenvalue weighted by atomic mass is 32.2. The molecule has 2 atom stereocenters. The SMILES string of the molecule is CC[C@@H](C)NC(=O)[C@@H](C)N(Cc1ccccc1C)C(=O)CN(c1cc(C)cc(C)c1)S(=O)(=O)c1ccc(C)cc1. The molecule has 0 aromatic heterocycles. The monoisotopic (exact) mass is 563 g/mol. The summed E-state index contributed by atoms with van der Waals surface area (Å²) in [6.45, 7) is 12.9. The van der Waals surface area contributed by atoms with Gasteiger partial charge < -0.3 is 10.2 Å². The van der Waals surface area contributed by atoms with Gasteiger partial charge >= 0.3 is 0 Å². The number of rotatable bonds is 11. The fraction of sp³-hybridized carbons (Fsp3) is 0.375. The Hall–Kier alpha value is -3.65. The Labute approximate surface area is 239 Å². The van der Waals surface area contributed by atoms with Crippen molar-refractivity contribution in [1.82, 2.24) is 10.2 Å². The first-order valence-electron chi connectivity index (χ1n) is 13.7. The lowest BCUT2D eigenvalue weighted by Crippen LogP contribution is -2.52. The lowest BCUT2D eigenvalue weighted by molar-refractivity contribution is -0.139. The summed E-state index contributed by atoms with van der Waals surface area (Å²) in [7, 11) is -4.10. The van der Waals surface area contributed by atoms with Crippen LogP contribution >= 0.6 is 0 Å². The van der Waals surface area contributed by atoms with Gasteiger partial charge in [0.05, 0.1) is 10.6 Å². The standard InChI is InChI=1S/C32H41N3O4S/c1-8-26(6)33-32(37)27(7)34(20-28-12-10-9-11-25(28)5)31(36)21-35(29-18-23(3)17-24(4)19-29)40(38,39)30-15-13-22(2)14-16-30/h9-19,26-27H,8,20-21H2,1-7H3,(H,33,37)/t26-,27-/m1/s1. The van der Waals surface area contributed by atoms with Crippen molar-refractivity contribution in [2.75, 3.05) is 10.8 Å². The molecule has 0 bridgehead atoms. The van der Waals surface area contributed by atoms with Crippen LogP contribution in [0.2, 0.25) is 0 Å². The molecule has 2 amide bonds. The van der Waals surface area contributed by atoms with Crippen LogP contribution in [0.1, 0.15) is 55.0 Å². The van der Waals surface area contributed by atoms with Crippen LogP contribution < -0.4 is 9.62 Å². The zero-order valence-corrected chi connectivity index (χ0v) is 25.4. The molecule has 0 saturated heterocycles. The molecule has 0 spiro atoms. The Morgan fingerprint density at radius 3 is 2.02 bits per heavy atom. The first-order chi connectivity index (χ1) is 18.8. The summed E-state index contributed by atoms with van der Waals surface area (Å²) in [5.74, 6) is -0.750. The van der Waals surface area contributed by atoms with Crippen molar-refractivity contribution in [1.29, 1.82) is 0 Å². The van der Waals surface area contributed by atoms with Gasteiger partial charge in [-0.3, -0.25) is 13.9 Å². The van der Waals surface area contributed by atoms with Crippen molar-refractivity contribution in [3.8, 4) is 0 Å². The predicted molar refractivity (Wildman–Crippen MR) is 161 cm³/mol. The van der Waals surface area contributed by atoms with E-state index >= 15 is 0 Å². The number of carbonyl (C=O) groups is 2. The van der Waals surface area contributed by atoms with Gasteiger partial charge in [0.25, 0.3) is 10.0 Å². The molecule has 0 unspecified atom stereocenters. The van der Waals surface area contributed by atoms with Gasteiger partial charge in [0, 0.05) is 12.6 Å². The lowest BCUT2D eigenvalue weighted by atomic mass is 10.1. The fourth-order valence-corrected chi connectivity index (χ4v) is 5.88. The second-order valence-corrected chi connectivity index (χ2v) is 12.5. The summed E-state index contributed by atoms with van der Waals surface area (Å²) in [5.41, 5.74) is 4.96. The first kappa shape index (κ1) is 30.9. The molecule has 0 radical (unpaired) electrons. The smallest absolute Gasteiger partial charge is 0.264 e. The van der Waals surface area contributed by atoms with Crippen molar-refractivity contribution in [2.24, 2.45) is 0 Å². The summed E-state index contributed by atoms with van der Waals surface area (Å²) < 4.78 is 29.2. The third kappa shape index (κ3) is 7.50. The number of hydrogen-bond donors (Lipinski definition) is 1. The number of sulfonamides is 1. The predicted octanol–water partition coefficient (Wildman–Crippen LogP) is 5.45. The maximum Gasteiger partial charge on any atom is 0.264 e. The minimum absolute atomic E-state index is 0.0564. The van der Waals surface area contributed by atoms with E-state index in [1.165, 1.54) is 4.90 Å². The Morgan fingerprint density at radius 1 is 0.850 bits per heavy atom. The fourth-order valence-electron chi connectivity index (χ4n) is 4.48. The van der Waals surface area contributed by atoms with Crippen LogP contribution in [-0.2, 0) is 26.2 Å². The van der Waals surface area contributed by atoms with Crippen LogP contribution in [0, 0.1) is 27.7 Å². The molecule has 3 aromatic carbocycles. The van der Waals surface area contributed by atoms with Crippen LogP contribution in [0.15, 0.2) is 71.6 Å². The van der Waals surface area contributed by atoms with Crippen molar-refractivity contribution < 1.29 is 18.0 Å². The molecule has 0 aliphatic heterocycles. The second-order valence-electron chi connectivity index (χ2n) is 10.6. The van der Waals surface area contributed by atoms with E-state index in [2.05, 4.69) is 5.32 Å². The third-order valence-corrected chi connectivity index (χ3v) is 8.94. The molecule has 0 fully saturated rings. The lowest BCUT2D eigenvalue weighted by Gasteiger charge is -2.33. The number of aryl methyl sites for hydroxylation is 4. The molecule has 0 saturated carbocycles. The molecule has 8 heteroatoms. The Morgan fingerprint density at radius 2 is 1.45 bits per heavy atom. The van der Waals surface area contributed by atoms with E-state index in [-0.39, 0.29) is 23.4 Å². The maximum atomic E-state index is 14.1. The van der Waals surface area contributed by atoms with E-state index in [0.29, 0.717) is 5.69 Å². The Balaban J connectivity index is 2.07. The average Bonchev–Trinajstić information content (AvgIpc) is 2.90. The van der Waals surface area contributed by atoms with E-state index < -0.39 is 28.5 Å². The van der Waals surface area contributed by atoms with Gasteiger partial charge in [-0.05, 0) is 94.5 Å². The van der Waals surface area contributed by atoms with Crippen LogP contribution in [0.4, 0.5) is 5.69 Å². The summed E-state index contributed by atoms with van der Waals surface area (Å²) in [6.07, 6.45) is 0.749. The highest BCUT2D eigenvalue weighted by molar-refractivity contribution is 7.92. The van der Waals surface area contributed by atoms with Crippen molar-refractivity contribution in [3.05, 3.63) is 94.5 Å². The summed E-state index contributed by atoms with van der Waals surface area (Å²) >= 11 is 0. The van der Waals surface area contributed by atoms with Gasteiger partial charge in [0.15, 0.2) is 0 Å². The molecule has 3 rings (SSSR count). The zero-order valence-electron chi connectivity index (χ0n) is 24.6. The summed E-state index contributed by atoms with van der Waals surface area (Å²) in [4.78, 5) is 28.8. The topological polar surface area (TPSA) is 86.8 Å². The molecular formula is C32H41N3O4S. The first-order valence-corrected chi connectivity index (χ1v) is 15.1. The molecular weight excluding hydrogens is 522 g/mol. The van der Waals surface area contributed by atoms with Gasteiger partial charge in [0.2, 0.25) is 11.8 Å². The van der Waals surface area contributed by atoms with E-state index in [1.807, 2.05) is 71.9 Å². The highest BCUT2D eigenvalue weighted by Gasteiger charge is 2.33. The van der Waals surface area contributed by atoms with Crippen LogP contribution in [0.25, 0.3) is 0 Å². The number of carbonyl (C=O) groups excluding carboxylic acids is 2. The molecule has 0 aliphatic rings. The summed E-state index contributed by atoms with van der Waals surface area (Å²) in [5, 5.41) is 2.96. The number of nitrogens with zero attached hydrogens (tertiary/aromatic N) is 2. The Kier molecular flexibility index (Phi) is 10.1. The molecule has 7 nitrogen and oxygen atoms in total. The van der Waals surface area contributed by atoms with Crippen molar-refractivity contribution >= 4 is 27.5 Å². The van der Waals surface area contributed by atoms with Crippen molar-refractivity contribution in [2.45, 2.75) is 78.4 Å². The minimum atomic E-state index is -4.10. The van der Waals surface area contributed by atoms with Crippen LogP contribution in [0.3, 0.4) is 0 Å². The zero-order chi connectivity index (χ0) is 29.6. The van der Waals surface area contributed by atoms with Crippen LogP contribution in [-0.4, -0.2) is 43.8 Å². The van der Waals surface area contributed by atoms with Gasteiger partial charge in [-0.2, -0.15) is 0 Å². The normalized spacial score (nSPS) is 12.9. The molecule has 214 valence electrons. The van der Waals surface area contributed by atoms with E-state index in [1.54, 1.807) is 43.3 Å². The number of anilines is 1. The highest BCUT2D eigenvalue weighted by Crippen LogP contribution is 2.27. The van der Waals surface area contributed by atoms with E-state index in [0.717, 1.165) is 38.5 Å². The van der Waals surface area contributed by atoms with E-state index in [4.69, 9.17) is 0 Å². The van der Waals surface area contributed by atoms with E-state index in [9.17, 15) is 18.0 Å². The summed E-state index contributed by atoms with van der Waals surface area (Å²) in [6, 6.07) is 18.9. The van der Waals surface area contributed by atoms with Crippen LogP contribution in [0.5, 0.6) is 0 Å². The number of amides is 2. The second kappa shape index (κ2) is 13.1. The molecule has 0 heterocycles. The van der Waals surface area contributed by atoms with Crippen molar-refractivity contribution in [3.63, 3.8) is 0 Å². The maximum absolute atomic E-state index is 14.1. The van der Waals surface area contributed by atoms with Gasteiger partial charge in [-0.1, -0.05) is 55.0 Å². The number of benzene rings is 3. The van der Waals surface area contributed by atoms with Gasteiger partial charge in [-0.15, -0.1) is 0 Å². The van der Waals surface area contributed by atoms with Gasteiger partial charge in [-0.25, -0.2) is 8.42 Å². The Bertz CT molecular complexity index is 1430. The largest absolute Gasteiger partial charge is 0.352 e. The third-order valence-electron chi connectivity index (χ3n) is 7.15. The minimum Gasteiger partial charge on any atom is -0.352 e. The molecule has 40 heavy (non-hydrogen) atoms. The molecule has 3 aromatic rings. The quantitative estimate of drug-likeness (QED) is 0.336. The number of nitrogens with one attached hydrogen (secondary N) is 1. The van der Waals surface area contributed by atoms with Gasteiger partial charge in [0.1, 0.15) is 12.6 Å². The molecule has 1 N–H and O–H groups in total. The average molecular weight is 564 g/mol. The molecule has 0 aliphatic carbocycles.